The molecule has 2 N–H and O–H groups in total. The lowest BCUT2D eigenvalue weighted by molar-refractivity contribution is 0.102. The first-order valence-electron chi connectivity index (χ1n) is 8.80. The van der Waals surface area contributed by atoms with Gasteiger partial charge in [-0.15, -0.1) is 11.3 Å². The fourth-order valence-electron chi connectivity index (χ4n) is 2.87. The minimum absolute atomic E-state index is 0.0429. The minimum Gasteiger partial charge on any atom is -0.321 e. The van der Waals surface area contributed by atoms with Crippen molar-refractivity contribution in [3.05, 3.63) is 88.7 Å². The summed E-state index contributed by atoms with van der Waals surface area (Å²) in [5.41, 5.74) is 1.63. The predicted octanol–water partition coefficient (Wildman–Crippen LogP) is 4.03. The molecule has 0 aliphatic rings. The molecule has 6 nitrogen and oxygen atoms in total. The van der Waals surface area contributed by atoms with Crippen LogP contribution in [0.15, 0.2) is 83.2 Å². The van der Waals surface area contributed by atoms with Crippen molar-refractivity contribution < 1.29 is 13.2 Å². The number of amides is 1. The number of hydrogen-bond donors (Lipinski definition) is 2. The number of rotatable bonds is 6. The summed E-state index contributed by atoms with van der Waals surface area (Å²) in [4.78, 5) is 18.0. The monoisotopic (exact) mass is 423 g/mol. The van der Waals surface area contributed by atoms with Crippen LogP contribution in [-0.4, -0.2) is 19.3 Å². The molecule has 29 heavy (non-hydrogen) atoms. The number of carbonyl (C=O) groups excluding carboxylic acids is 1. The normalized spacial score (nSPS) is 11.4. The Bertz CT molecular complexity index is 1260. The van der Waals surface area contributed by atoms with Crippen LogP contribution in [-0.2, 0) is 16.6 Å². The number of anilines is 1. The molecule has 0 fully saturated rings. The zero-order chi connectivity index (χ0) is 20.3. The van der Waals surface area contributed by atoms with Crippen LogP contribution in [0.3, 0.4) is 0 Å². The van der Waals surface area contributed by atoms with E-state index in [0.717, 1.165) is 15.8 Å². The molecule has 0 aliphatic carbocycles. The van der Waals surface area contributed by atoms with Gasteiger partial charge in [0.15, 0.2) is 0 Å². The van der Waals surface area contributed by atoms with E-state index >= 15 is 0 Å². The largest absolute Gasteiger partial charge is 0.321 e. The van der Waals surface area contributed by atoms with Gasteiger partial charge >= 0.3 is 0 Å². The lowest BCUT2D eigenvalue weighted by Crippen LogP contribution is -2.23. The smallest absolute Gasteiger partial charge is 0.255 e. The number of sulfonamides is 1. The first-order chi connectivity index (χ1) is 14.0. The third-order valence-corrected chi connectivity index (χ3v) is 6.59. The van der Waals surface area contributed by atoms with Crippen molar-refractivity contribution in [2.24, 2.45) is 0 Å². The highest BCUT2D eigenvalue weighted by Gasteiger charge is 2.17. The molecule has 146 valence electrons. The van der Waals surface area contributed by atoms with Crippen LogP contribution < -0.4 is 10.0 Å². The fourth-order valence-corrected chi connectivity index (χ4v) is 4.66. The van der Waals surface area contributed by atoms with Crippen molar-refractivity contribution in [2.45, 2.75) is 11.4 Å². The number of nitrogens with one attached hydrogen (secondary N) is 2. The summed E-state index contributed by atoms with van der Waals surface area (Å²) >= 11 is 1.47. The summed E-state index contributed by atoms with van der Waals surface area (Å²) in [6, 6.07) is 18.8. The zero-order valence-electron chi connectivity index (χ0n) is 15.2. The van der Waals surface area contributed by atoms with E-state index < -0.39 is 15.9 Å². The van der Waals surface area contributed by atoms with Gasteiger partial charge in [-0.05, 0) is 53.9 Å². The number of fused-ring (bicyclic) bond motifs is 1. The van der Waals surface area contributed by atoms with E-state index in [-0.39, 0.29) is 17.0 Å². The van der Waals surface area contributed by atoms with Gasteiger partial charge in [0.05, 0.1) is 16.1 Å². The molecule has 0 spiro atoms. The number of thiophene rings is 1. The number of aromatic nitrogens is 1. The maximum Gasteiger partial charge on any atom is 0.255 e. The second-order valence-corrected chi connectivity index (χ2v) is 9.06. The van der Waals surface area contributed by atoms with Crippen molar-refractivity contribution in [2.75, 3.05) is 5.32 Å². The van der Waals surface area contributed by atoms with Crippen molar-refractivity contribution in [1.29, 1.82) is 0 Å². The van der Waals surface area contributed by atoms with E-state index in [1.807, 2.05) is 29.6 Å². The summed E-state index contributed by atoms with van der Waals surface area (Å²) in [7, 11) is -3.73. The van der Waals surface area contributed by atoms with Crippen LogP contribution in [0.5, 0.6) is 0 Å². The van der Waals surface area contributed by atoms with Gasteiger partial charge in [-0.25, -0.2) is 13.1 Å². The third kappa shape index (κ3) is 4.34. The average Bonchev–Trinajstić information content (AvgIpc) is 3.26. The second kappa shape index (κ2) is 8.12. The molecule has 1 amide bonds. The van der Waals surface area contributed by atoms with Crippen molar-refractivity contribution in [3.63, 3.8) is 0 Å². The Labute approximate surface area is 172 Å². The Morgan fingerprint density at radius 2 is 1.86 bits per heavy atom. The number of hydrogen-bond acceptors (Lipinski definition) is 5. The molecule has 0 saturated heterocycles. The van der Waals surface area contributed by atoms with E-state index in [0.29, 0.717) is 5.69 Å². The van der Waals surface area contributed by atoms with E-state index in [1.54, 1.807) is 36.5 Å². The van der Waals surface area contributed by atoms with Gasteiger partial charge in [0.25, 0.3) is 5.91 Å². The number of benzene rings is 2. The van der Waals surface area contributed by atoms with Gasteiger partial charge in [-0.3, -0.25) is 9.78 Å². The molecule has 0 aliphatic heterocycles. The van der Waals surface area contributed by atoms with Crippen LogP contribution in [0.25, 0.3) is 10.9 Å². The summed E-state index contributed by atoms with van der Waals surface area (Å²) in [6.07, 6.45) is 1.69. The SMILES string of the molecule is O=C(Nc1cccc2ncccc12)c1cccc(S(=O)(=O)NCc2cccs2)c1. The van der Waals surface area contributed by atoms with Gasteiger partial charge in [0.2, 0.25) is 10.0 Å². The van der Waals surface area contributed by atoms with E-state index in [4.69, 9.17) is 0 Å². The van der Waals surface area contributed by atoms with E-state index in [9.17, 15) is 13.2 Å². The van der Waals surface area contributed by atoms with Crippen molar-refractivity contribution in [1.82, 2.24) is 9.71 Å². The van der Waals surface area contributed by atoms with Crippen LogP contribution >= 0.6 is 11.3 Å². The number of carbonyl (C=O) groups is 1. The van der Waals surface area contributed by atoms with Crippen molar-refractivity contribution in [3.8, 4) is 0 Å². The molecular weight excluding hydrogens is 406 g/mol. The third-order valence-electron chi connectivity index (χ3n) is 4.32. The first kappa shape index (κ1) is 19.3. The molecule has 2 heterocycles. The molecular formula is C21H17N3O3S2. The first-order valence-corrected chi connectivity index (χ1v) is 11.2. The maximum atomic E-state index is 12.7. The summed E-state index contributed by atoms with van der Waals surface area (Å²) in [5.74, 6) is -0.392. The Balaban J connectivity index is 1.55. The zero-order valence-corrected chi connectivity index (χ0v) is 16.8. The lowest BCUT2D eigenvalue weighted by atomic mass is 10.1. The molecule has 0 unspecified atom stereocenters. The molecule has 2 aromatic heterocycles. The Morgan fingerprint density at radius 3 is 2.69 bits per heavy atom. The van der Waals surface area contributed by atoms with Gasteiger partial charge in [-0.1, -0.05) is 18.2 Å². The Hall–Kier alpha value is -3.07. The Kier molecular flexibility index (Phi) is 5.39. The number of pyridine rings is 1. The highest BCUT2D eigenvalue weighted by Crippen LogP contribution is 2.22. The topological polar surface area (TPSA) is 88.2 Å². The molecule has 0 atom stereocenters. The standard InChI is InChI=1S/C21H17N3O3S2/c25-21(24-20-10-2-9-19-18(20)8-3-11-22-19)15-5-1-7-17(13-15)29(26,27)23-14-16-6-4-12-28-16/h1-13,23H,14H2,(H,24,25). The van der Waals surface area contributed by atoms with Crippen LogP contribution in [0.1, 0.15) is 15.2 Å². The summed E-state index contributed by atoms with van der Waals surface area (Å²) < 4.78 is 27.7. The van der Waals surface area contributed by atoms with E-state index in [1.165, 1.54) is 23.5 Å². The maximum absolute atomic E-state index is 12.7. The molecule has 2 aromatic carbocycles. The predicted molar refractivity (Wildman–Crippen MR) is 114 cm³/mol. The Morgan fingerprint density at radius 1 is 1.00 bits per heavy atom. The fraction of sp³-hybridized carbons (Fsp3) is 0.0476. The van der Waals surface area contributed by atoms with E-state index in [2.05, 4.69) is 15.0 Å². The highest BCUT2D eigenvalue weighted by atomic mass is 32.2. The molecule has 0 radical (unpaired) electrons. The number of nitrogens with zero attached hydrogens (tertiary/aromatic N) is 1. The summed E-state index contributed by atoms with van der Waals surface area (Å²) in [5, 5.41) is 5.54. The summed E-state index contributed by atoms with van der Waals surface area (Å²) in [6.45, 7) is 0.208. The quantitative estimate of drug-likeness (QED) is 0.490. The molecule has 0 saturated carbocycles. The van der Waals surface area contributed by atoms with Crippen LogP contribution in [0, 0.1) is 0 Å². The van der Waals surface area contributed by atoms with Crippen LogP contribution in [0.2, 0.25) is 0 Å². The average molecular weight is 424 g/mol. The molecule has 4 rings (SSSR count). The van der Waals surface area contributed by atoms with Gasteiger partial charge in [-0.2, -0.15) is 0 Å². The molecule has 0 bridgehead atoms. The minimum atomic E-state index is -3.73. The van der Waals surface area contributed by atoms with Gasteiger partial charge in [0, 0.05) is 28.6 Å². The van der Waals surface area contributed by atoms with Crippen molar-refractivity contribution >= 4 is 43.9 Å². The molecule has 4 aromatic rings. The van der Waals surface area contributed by atoms with Crippen LogP contribution in [0.4, 0.5) is 5.69 Å². The second-order valence-electron chi connectivity index (χ2n) is 6.26. The molecule has 8 heteroatoms. The highest BCUT2D eigenvalue weighted by molar-refractivity contribution is 7.89. The van der Waals surface area contributed by atoms with Gasteiger partial charge < -0.3 is 5.32 Å². The lowest BCUT2D eigenvalue weighted by Gasteiger charge is -2.10. The van der Waals surface area contributed by atoms with Gasteiger partial charge in [0.1, 0.15) is 0 Å².